The van der Waals surface area contributed by atoms with Gasteiger partial charge in [-0.15, -0.1) is 0 Å². The van der Waals surface area contributed by atoms with Gasteiger partial charge in [0.15, 0.2) is 5.65 Å². The number of carbonyl (C=O) groups is 1. The summed E-state index contributed by atoms with van der Waals surface area (Å²) in [6, 6.07) is 0. The number of fused-ring (bicyclic) bond motifs is 1. The molecule has 0 aliphatic carbocycles. The number of anilines is 2. The first-order valence-electron chi connectivity index (χ1n) is 6.41. The van der Waals surface area contributed by atoms with E-state index in [1.54, 1.807) is 18.1 Å². The number of nitrogens with zero attached hydrogens (tertiary/aromatic N) is 4. The van der Waals surface area contributed by atoms with Crippen molar-refractivity contribution in [3.05, 3.63) is 6.20 Å². The number of carbonyl (C=O) groups excluding carboxylic acids is 1. The van der Waals surface area contributed by atoms with Crippen molar-refractivity contribution in [1.82, 2.24) is 25.5 Å². The van der Waals surface area contributed by atoms with Crippen molar-refractivity contribution in [2.24, 2.45) is 5.92 Å². The molecule has 108 valence electrons. The molecule has 0 unspecified atom stereocenters. The molecule has 0 aliphatic rings. The summed E-state index contributed by atoms with van der Waals surface area (Å²) in [5.41, 5.74) is 6.21. The van der Waals surface area contributed by atoms with Gasteiger partial charge in [-0.25, -0.2) is 0 Å². The second-order valence-electron chi connectivity index (χ2n) is 5.09. The standard InChI is InChI=1S/C12H19N7O/c1-7(2)4-14-9(20)6-19(3)11-8-5-15-18-10(8)16-12(13)17-11/h5,7H,4,6H2,1-3H3,(H,14,20)(H3,13,15,16,17,18). The van der Waals surface area contributed by atoms with E-state index in [-0.39, 0.29) is 18.4 Å². The number of aromatic amines is 1. The van der Waals surface area contributed by atoms with Crippen molar-refractivity contribution >= 4 is 28.7 Å². The van der Waals surface area contributed by atoms with E-state index in [1.165, 1.54) is 0 Å². The maximum absolute atomic E-state index is 11.8. The average molecular weight is 277 g/mol. The maximum atomic E-state index is 11.8. The molecule has 0 spiro atoms. The zero-order chi connectivity index (χ0) is 14.7. The van der Waals surface area contributed by atoms with E-state index >= 15 is 0 Å². The first-order chi connectivity index (χ1) is 9.47. The minimum Gasteiger partial charge on any atom is -0.368 e. The number of likely N-dealkylation sites (N-methyl/N-ethyl adjacent to an activating group) is 1. The lowest BCUT2D eigenvalue weighted by molar-refractivity contribution is -0.119. The van der Waals surface area contributed by atoms with E-state index < -0.39 is 0 Å². The summed E-state index contributed by atoms with van der Waals surface area (Å²) in [5, 5.41) is 10.2. The number of H-pyrrole nitrogens is 1. The molecule has 2 rings (SSSR count). The molecule has 20 heavy (non-hydrogen) atoms. The molecule has 0 fully saturated rings. The fourth-order valence-corrected chi connectivity index (χ4v) is 1.79. The quantitative estimate of drug-likeness (QED) is 0.716. The third kappa shape index (κ3) is 3.14. The molecule has 8 heteroatoms. The highest BCUT2D eigenvalue weighted by Crippen LogP contribution is 2.21. The van der Waals surface area contributed by atoms with Crippen molar-refractivity contribution in [3.8, 4) is 0 Å². The second kappa shape index (κ2) is 5.72. The Hall–Kier alpha value is -2.38. The molecule has 0 atom stereocenters. The van der Waals surface area contributed by atoms with Gasteiger partial charge in [0.05, 0.1) is 18.1 Å². The lowest BCUT2D eigenvalue weighted by atomic mass is 10.2. The normalized spacial score (nSPS) is 11.0. The molecule has 2 heterocycles. The van der Waals surface area contributed by atoms with Crippen molar-refractivity contribution in [2.45, 2.75) is 13.8 Å². The summed E-state index contributed by atoms with van der Waals surface area (Å²) in [4.78, 5) is 21.8. The Balaban J connectivity index is 2.13. The molecule has 4 N–H and O–H groups in total. The second-order valence-corrected chi connectivity index (χ2v) is 5.09. The summed E-state index contributed by atoms with van der Waals surface area (Å²) < 4.78 is 0. The molecule has 0 aliphatic heterocycles. The van der Waals surface area contributed by atoms with Crippen molar-refractivity contribution < 1.29 is 4.79 Å². The number of rotatable bonds is 5. The first-order valence-corrected chi connectivity index (χ1v) is 6.41. The van der Waals surface area contributed by atoms with Gasteiger partial charge in [-0.05, 0) is 5.92 Å². The third-order valence-electron chi connectivity index (χ3n) is 2.76. The lowest BCUT2D eigenvalue weighted by Crippen LogP contribution is -2.37. The number of amides is 1. The summed E-state index contributed by atoms with van der Waals surface area (Å²) in [7, 11) is 1.78. The van der Waals surface area contributed by atoms with E-state index in [0.29, 0.717) is 23.9 Å². The molecular formula is C12H19N7O. The highest BCUT2D eigenvalue weighted by atomic mass is 16.2. The van der Waals surface area contributed by atoms with Crippen LogP contribution < -0.4 is 16.0 Å². The van der Waals surface area contributed by atoms with Crippen LogP contribution in [0.25, 0.3) is 11.0 Å². The zero-order valence-electron chi connectivity index (χ0n) is 11.8. The Labute approximate surface area is 116 Å². The maximum Gasteiger partial charge on any atom is 0.239 e. The molecule has 0 saturated heterocycles. The van der Waals surface area contributed by atoms with Crippen LogP contribution >= 0.6 is 0 Å². The number of hydrogen-bond donors (Lipinski definition) is 3. The van der Waals surface area contributed by atoms with Crippen molar-refractivity contribution in [3.63, 3.8) is 0 Å². The number of aromatic nitrogens is 4. The predicted octanol–water partition coefficient (Wildman–Crippen LogP) is 0.144. The lowest BCUT2D eigenvalue weighted by Gasteiger charge is -2.18. The Bertz CT molecular complexity index is 607. The average Bonchev–Trinajstić information content (AvgIpc) is 2.83. The van der Waals surface area contributed by atoms with Crippen LogP contribution in [0.4, 0.5) is 11.8 Å². The fourth-order valence-electron chi connectivity index (χ4n) is 1.79. The van der Waals surface area contributed by atoms with E-state index in [9.17, 15) is 4.79 Å². The Morgan fingerprint density at radius 2 is 2.25 bits per heavy atom. The smallest absolute Gasteiger partial charge is 0.239 e. The molecule has 0 bridgehead atoms. The van der Waals surface area contributed by atoms with Gasteiger partial charge in [0, 0.05) is 13.6 Å². The molecule has 2 aromatic rings. The van der Waals surface area contributed by atoms with Crippen molar-refractivity contribution in [1.29, 1.82) is 0 Å². The molecule has 0 radical (unpaired) electrons. The molecule has 2 aromatic heterocycles. The summed E-state index contributed by atoms with van der Waals surface area (Å²) >= 11 is 0. The van der Waals surface area contributed by atoms with Gasteiger partial charge >= 0.3 is 0 Å². The number of nitrogens with one attached hydrogen (secondary N) is 2. The molecule has 0 saturated carbocycles. The third-order valence-corrected chi connectivity index (χ3v) is 2.76. The van der Waals surface area contributed by atoms with Gasteiger partial charge < -0.3 is 16.0 Å². The summed E-state index contributed by atoms with van der Waals surface area (Å²) in [6.45, 7) is 4.94. The fraction of sp³-hybridized carbons (Fsp3) is 0.500. The minimum absolute atomic E-state index is 0.0602. The van der Waals surface area contributed by atoms with E-state index in [1.807, 2.05) is 13.8 Å². The van der Waals surface area contributed by atoms with Gasteiger partial charge in [-0.3, -0.25) is 9.89 Å². The minimum atomic E-state index is -0.0602. The van der Waals surface area contributed by atoms with Crippen molar-refractivity contribution in [2.75, 3.05) is 30.8 Å². The highest BCUT2D eigenvalue weighted by molar-refractivity contribution is 5.90. The summed E-state index contributed by atoms with van der Waals surface area (Å²) in [6.07, 6.45) is 1.62. The van der Waals surface area contributed by atoms with E-state index in [0.717, 1.165) is 5.39 Å². The number of nitrogens with two attached hydrogens (primary N) is 1. The Kier molecular flexibility index (Phi) is 4.02. The van der Waals surface area contributed by atoms with E-state index in [2.05, 4.69) is 25.5 Å². The first kappa shape index (κ1) is 14.0. The highest BCUT2D eigenvalue weighted by Gasteiger charge is 2.14. The summed E-state index contributed by atoms with van der Waals surface area (Å²) in [5.74, 6) is 1.08. The van der Waals surface area contributed by atoms with Crippen LogP contribution in [-0.4, -0.2) is 46.2 Å². The zero-order valence-corrected chi connectivity index (χ0v) is 11.8. The van der Waals surface area contributed by atoms with Crippen LogP contribution in [0, 0.1) is 5.92 Å². The van der Waals surface area contributed by atoms with Crippen LogP contribution in [0.2, 0.25) is 0 Å². The number of hydrogen-bond acceptors (Lipinski definition) is 6. The van der Waals surface area contributed by atoms with Crippen LogP contribution in [0.15, 0.2) is 6.20 Å². The van der Waals surface area contributed by atoms with Crippen LogP contribution in [0.5, 0.6) is 0 Å². The van der Waals surface area contributed by atoms with Gasteiger partial charge in [0.25, 0.3) is 0 Å². The van der Waals surface area contributed by atoms with Crippen LogP contribution in [0.1, 0.15) is 13.8 Å². The Morgan fingerprint density at radius 1 is 1.50 bits per heavy atom. The van der Waals surface area contributed by atoms with Crippen LogP contribution in [0.3, 0.4) is 0 Å². The molecule has 1 amide bonds. The molecule has 0 aromatic carbocycles. The SMILES string of the molecule is CC(C)CNC(=O)CN(C)c1nc(N)nc2[nH]ncc12. The molecule has 8 nitrogen and oxygen atoms in total. The van der Waals surface area contributed by atoms with Gasteiger partial charge in [0.2, 0.25) is 11.9 Å². The predicted molar refractivity (Wildman–Crippen MR) is 77.2 cm³/mol. The van der Waals surface area contributed by atoms with E-state index in [4.69, 9.17) is 5.73 Å². The number of nitrogen functional groups attached to an aromatic ring is 1. The molecular weight excluding hydrogens is 258 g/mol. The van der Waals surface area contributed by atoms with Gasteiger partial charge in [-0.2, -0.15) is 15.1 Å². The van der Waals surface area contributed by atoms with Gasteiger partial charge in [0.1, 0.15) is 5.82 Å². The van der Waals surface area contributed by atoms with Crippen LogP contribution in [-0.2, 0) is 4.79 Å². The Morgan fingerprint density at radius 3 is 2.95 bits per heavy atom. The largest absolute Gasteiger partial charge is 0.368 e. The monoisotopic (exact) mass is 277 g/mol. The van der Waals surface area contributed by atoms with Gasteiger partial charge in [-0.1, -0.05) is 13.8 Å². The topological polar surface area (TPSA) is 113 Å².